The van der Waals surface area contributed by atoms with E-state index in [1.54, 1.807) is 29.1 Å². The molecule has 0 aliphatic heterocycles. The van der Waals surface area contributed by atoms with E-state index in [9.17, 15) is 9.18 Å². The molecule has 7 heteroatoms. The molecule has 0 spiro atoms. The van der Waals surface area contributed by atoms with Crippen LogP contribution in [0.15, 0.2) is 71.4 Å². The Morgan fingerprint density at radius 1 is 1.17 bits per heavy atom. The van der Waals surface area contributed by atoms with E-state index in [-0.39, 0.29) is 18.1 Å². The lowest BCUT2D eigenvalue weighted by Gasteiger charge is -2.08. The number of carbonyl (C=O) groups is 1. The maximum Gasteiger partial charge on any atom is 0.224 e. The van der Waals surface area contributed by atoms with E-state index in [1.165, 1.54) is 12.3 Å². The smallest absolute Gasteiger partial charge is 0.224 e. The van der Waals surface area contributed by atoms with Crippen molar-refractivity contribution >= 4 is 11.6 Å². The van der Waals surface area contributed by atoms with Crippen LogP contribution >= 0.6 is 0 Å². The first-order valence-corrected chi connectivity index (χ1v) is 9.21. The molecule has 2 aromatic carbocycles. The minimum absolute atomic E-state index is 0.162. The number of anilines is 1. The summed E-state index contributed by atoms with van der Waals surface area (Å²) in [7, 11) is 0. The van der Waals surface area contributed by atoms with Gasteiger partial charge in [-0.2, -0.15) is 5.10 Å². The number of hydrogen-bond donors (Lipinski definition) is 1. The van der Waals surface area contributed by atoms with Gasteiger partial charge in [0.15, 0.2) is 11.7 Å². The highest BCUT2D eigenvalue weighted by atomic mass is 19.1. The maximum atomic E-state index is 13.8. The number of nitrogens with one attached hydrogen (secondary N) is 1. The van der Waals surface area contributed by atoms with Crippen molar-refractivity contribution in [3.63, 3.8) is 0 Å². The van der Waals surface area contributed by atoms with E-state index >= 15 is 0 Å². The Kier molecular flexibility index (Phi) is 5.20. The highest BCUT2D eigenvalue weighted by Crippen LogP contribution is 2.23. The van der Waals surface area contributed by atoms with Crippen LogP contribution in [0.2, 0.25) is 0 Å². The van der Waals surface area contributed by atoms with Gasteiger partial charge in [0.05, 0.1) is 17.4 Å². The van der Waals surface area contributed by atoms with Crippen LogP contribution in [-0.2, 0) is 11.2 Å². The highest BCUT2D eigenvalue weighted by molar-refractivity contribution is 5.91. The van der Waals surface area contributed by atoms with Gasteiger partial charge in [-0.1, -0.05) is 18.2 Å². The van der Waals surface area contributed by atoms with Crippen molar-refractivity contribution in [3.05, 3.63) is 84.4 Å². The molecule has 0 aliphatic rings. The van der Waals surface area contributed by atoms with Crippen molar-refractivity contribution in [2.24, 2.45) is 0 Å². The number of amides is 1. The molecule has 1 amide bonds. The van der Waals surface area contributed by atoms with Crippen LogP contribution in [-0.4, -0.2) is 20.7 Å². The van der Waals surface area contributed by atoms with E-state index in [4.69, 9.17) is 4.42 Å². The fourth-order valence-electron chi connectivity index (χ4n) is 3.01. The number of hydrogen-bond acceptors (Lipinski definition) is 4. The predicted octanol–water partition coefficient (Wildman–Crippen LogP) is 4.55. The molecule has 0 saturated heterocycles. The molecule has 0 bridgehead atoms. The monoisotopic (exact) mass is 390 g/mol. The molecule has 0 atom stereocenters. The summed E-state index contributed by atoms with van der Waals surface area (Å²) < 4.78 is 21.2. The molecular formula is C22H19FN4O2. The van der Waals surface area contributed by atoms with Gasteiger partial charge in [-0.15, -0.1) is 0 Å². The van der Waals surface area contributed by atoms with Gasteiger partial charge in [0, 0.05) is 30.4 Å². The van der Waals surface area contributed by atoms with Crippen molar-refractivity contribution in [3.8, 4) is 17.0 Å². The van der Waals surface area contributed by atoms with E-state index < -0.39 is 0 Å². The summed E-state index contributed by atoms with van der Waals surface area (Å²) in [6.45, 7) is 1.96. The zero-order valence-electron chi connectivity index (χ0n) is 15.8. The van der Waals surface area contributed by atoms with Gasteiger partial charge in [-0.05, 0) is 43.3 Å². The Morgan fingerprint density at radius 2 is 2.03 bits per heavy atom. The van der Waals surface area contributed by atoms with Crippen LogP contribution in [0.25, 0.3) is 17.0 Å². The molecule has 0 aliphatic carbocycles. The van der Waals surface area contributed by atoms with E-state index in [2.05, 4.69) is 15.4 Å². The second-order valence-corrected chi connectivity index (χ2v) is 6.58. The van der Waals surface area contributed by atoms with Crippen molar-refractivity contribution in [1.82, 2.24) is 14.8 Å². The molecule has 4 rings (SSSR count). The maximum absolute atomic E-state index is 13.8. The van der Waals surface area contributed by atoms with Crippen molar-refractivity contribution in [1.29, 1.82) is 0 Å². The predicted molar refractivity (Wildman–Crippen MR) is 107 cm³/mol. The van der Waals surface area contributed by atoms with Crippen LogP contribution in [0.5, 0.6) is 0 Å². The summed E-state index contributed by atoms with van der Waals surface area (Å²) in [6.07, 6.45) is 3.72. The molecule has 4 aromatic rings. The van der Waals surface area contributed by atoms with Crippen LogP contribution in [0.3, 0.4) is 0 Å². The zero-order valence-corrected chi connectivity index (χ0v) is 15.8. The largest absolute Gasteiger partial charge is 0.441 e. The van der Waals surface area contributed by atoms with Crippen molar-refractivity contribution < 1.29 is 13.6 Å². The molecule has 146 valence electrons. The summed E-state index contributed by atoms with van der Waals surface area (Å²) in [5.41, 5.74) is 2.90. The lowest BCUT2D eigenvalue weighted by molar-refractivity contribution is -0.116. The molecule has 1 N–H and O–H groups in total. The van der Waals surface area contributed by atoms with Crippen molar-refractivity contribution in [2.45, 2.75) is 19.8 Å². The van der Waals surface area contributed by atoms with Gasteiger partial charge < -0.3 is 9.73 Å². The van der Waals surface area contributed by atoms with Crippen LogP contribution < -0.4 is 5.32 Å². The second-order valence-electron chi connectivity index (χ2n) is 6.58. The van der Waals surface area contributed by atoms with Gasteiger partial charge in [0.25, 0.3) is 0 Å². The molecule has 0 radical (unpaired) electrons. The quantitative estimate of drug-likeness (QED) is 0.524. The SMILES string of the molecule is Cc1ccnn1-c1cccc(NC(=O)CCc2ncc(-c3ccccc3F)o2)c1. The number of oxazole rings is 1. The summed E-state index contributed by atoms with van der Waals surface area (Å²) in [6, 6.07) is 15.7. The first kappa shape index (κ1) is 18.6. The fourth-order valence-corrected chi connectivity index (χ4v) is 3.01. The molecule has 0 unspecified atom stereocenters. The summed E-state index contributed by atoms with van der Waals surface area (Å²) in [4.78, 5) is 16.5. The average molecular weight is 390 g/mol. The minimum atomic E-state index is -0.375. The van der Waals surface area contributed by atoms with E-state index in [0.29, 0.717) is 29.3 Å². The molecule has 2 heterocycles. The number of aromatic nitrogens is 3. The Balaban J connectivity index is 1.38. The number of rotatable bonds is 6. The first-order valence-electron chi connectivity index (χ1n) is 9.21. The number of aryl methyl sites for hydroxylation is 2. The van der Waals surface area contributed by atoms with E-state index in [0.717, 1.165) is 11.4 Å². The molecular weight excluding hydrogens is 371 g/mol. The van der Waals surface area contributed by atoms with Crippen LogP contribution in [0, 0.1) is 12.7 Å². The van der Waals surface area contributed by atoms with Gasteiger partial charge in [-0.25, -0.2) is 14.1 Å². The van der Waals surface area contributed by atoms with Gasteiger partial charge in [0.1, 0.15) is 5.82 Å². The Morgan fingerprint density at radius 3 is 2.83 bits per heavy atom. The average Bonchev–Trinajstić information content (AvgIpc) is 3.36. The fraction of sp³-hybridized carbons (Fsp3) is 0.136. The summed E-state index contributed by atoms with van der Waals surface area (Å²) in [5, 5.41) is 7.14. The van der Waals surface area contributed by atoms with Crippen LogP contribution in [0.4, 0.5) is 10.1 Å². The van der Waals surface area contributed by atoms with Gasteiger partial charge in [0.2, 0.25) is 5.91 Å². The lowest BCUT2D eigenvalue weighted by Crippen LogP contribution is -2.12. The summed E-state index contributed by atoms with van der Waals surface area (Å²) in [5.74, 6) is 0.199. The Hall–Kier alpha value is -3.74. The topological polar surface area (TPSA) is 73.0 Å². The molecule has 29 heavy (non-hydrogen) atoms. The van der Waals surface area contributed by atoms with Crippen molar-refractivity contribution in [2.75, 3.05) is 5.32 Å². The highest BCUT2D eigenvalue weighted by Gasteiger charge is 2.12. The Labute approximate surface area is 167 Å². The van der Waals surface area contributed by atoms with E-state index in [1.807, 2.05) is 37.3 Å². The molecule has 2 aromatic heterocycles. The third kappa shape index (κ3) is 4.24. The normalized spacial score (nSPS) is 10.8. The molecule has 0 saturated carbocycles. The minimum Gasteiger partial charge on any atom is -0.441 e. The zero-order chi connectivity index (χ0) is 20.2. The Bertz CT molecular complexity index is 1150. The van der Waals surface area contributed by atoms with Gasteiger partial charge >= 0.3 is 0 Å². The first-order chi connectivity index (χ1) is 14.1. The molecule has 0 fully saturated rings. The van der Waals surface area contributed by atoms with Crippen LogP contribution in [0.1, 0.15) is 18.0 Å². The lowest BCUT2D eigenvalue weighted by atomic mass is 10.2. The van der Waals surface area contributed by atoms with Gasteiger partial charge in [-0.3, -0.25) is 4.79 Å². The molecule has 6 nitrogen and oxygen atoms in total. The second kappa shape index (κ2) is 8.10. The number of carbonyl (C=O) groups excluding carboxylic acids is 1. The third-order valence-corrected chi connectivity index (χ3v) is 4.47. The number of benzene rings is 2. The number of halogens is 1. The number of nitrogens with zero attached hydrogens (tertiary/aromatic N) is 3. The summed E-state index contributed by atoms with van der Waals surface area (Å²) >= 11 is 0. The standard InChI is InChI=1S/C22H19FN4O2/c1-15-11-12-25-27(15)17-6-4-5-16(13-17)26-21(28)9-10-22-24-14-20(29-22)18-7-2-3-8-19(18)23/h2-8,11-14H,9-10H2,1H3,(H,26,28). The third-order valence-electron chi connectivity index (χ3n) is 4.47.